The van der Waals surface area contributed by atoms with Crippen molar-refractivity contribution in [1.82, 2.24) is 9.78 Å². The predicted octanol–water partition coefficient (Wildman–Crippen LogP) is 0.919. The molecule has 5 heteroatoms. The van der Waals surface area contributed by atoms with Crippen LogP contribution in [-0.2, 0) is 6.54 Å². The topological polar surface area (TPSA) is 80.9 Å². The minimum Gasteiger partial charge on any atom is -0.330 e. The van der Waals surface area contributed by atoms with E-state index < -0.39 is 0 Å². The number of nitrogens with zero attached hydrogens (tertiary/aromatic N) is 1. The Balaban J connectivity index is 2.82. The zero-order valence-electron chi connectivity index (χ0n) is 11.7. The van der Waals surface area contributed by atoms with Crippen LogP contribution in [0.3, 0.4) is 0 Å². The van der Waals surface area contributed by atoms with E-state index in [1.807, 2.05) is 0 Å². The van der Waals surface area contributed by atoms with Gasteiger partial charge in [0, 0.05) is 17.7 Å². The van der Waals surface area contributed by atoms with Crippen LogP contribution in [0.25, 0.3) is 0 Å². The summed E-state index contributed by atoms with van der Waals surface area (Å²) in [7, 11) is 0. The van der Waals surface area contributed by atoms with Gasteiger partial charge >= 0.3 is 0 Å². The maximum Gasteiger partial charge on any atom is 0.268 e. The number of H-pyrrole nitrogens is 1. The zero-order valence-corrected chi connectivity index (χ0v) is 11.7. The summed E-state index contributed by atoms with van der Waals surface area (Å²) in [6.07, 6.45) is 1.74. The fourth-order valence-corrected chi connectivity index (χ4v) is 1.77. The van der Waals surface area contributed by atoms with Gasteiger partial charge in [-0.1, -0.05) is 13.8 Å². The van der Waals surface area contributed by atoms with Crippen molar-refractivity contribution in [2.45, 2.75) is 47.1 Å². The maximum absolute atomic E-state index is 11.9. The molecule has 0 atom stereocenters. The van der Waals surface area contributed by atoms with Crippen LogP contribution in [0.4, 0.5) is 0 Å². The second-order valence-corrected chi connectivity index (χ2v) is 5.62. The number of nitrogens with two attached hydrogens (primary N) is 1. The van der Waals surface area contributed by atoms with E-state index in [-0.39, 0.29) is 16.5 Å². The highest BCUT2D eigenvalue weighted by atomic mass is 16.2. The summed E-state index contributed by atoms with van der Waals surface area (Å²) in [5, 5.41) is 2.61. The van der Waals surface area contributed by atoms with E-state index in [4.69, 9.17) is 5.73 Å². The first-order valence-corrected chi connectivity index (χ1v) is 6.29. The lowest BCUT2D eigenvalue weighted by Crippen LogP contribution is -2.33. The molecule has 0 saturated carbocycles. The molecule has 0 aliphatic heterocycles. The van der Waals surface area contributed by atoms with Gasteiger partial charge in [-0.15, -0.1) is 0 Å². The third-order valence-electron chi connectivity index (χ3n) is 3.49. The normalized spacial score (nSPS) is 11.8. The van der Waals surface area contributed by atoms with E-state index in [0.29, 0.717) is 24.2 Å². The second-order valence-electron chi connectivity index (χ2n) is 5.62. The molecule has 1 aromatic heterocycles. The van der Waals surface area contributed by atoms with E-state index in [2.05, 4.69) is 18.9 Å². The summed E-state index contributed by atoms with van der Waals surface area (Å²) in [4.78, 5) is 23.5. The lowest BCUT2D eigenvalue weighted by molar-refractivity contribution is 0.321. The highest BCUT2D eigenvalue weighted by Crippen LogP contribution is 2.20. The van der Waals surface area contributed by atoms with Crippen LogP contribution in [0.15, 0.2) is 9.59 Å². The van der Waals surface area contributed by atoms with E-state index in [9.17, 15) is 9.59 Å². The summed E-state index contributed by atoms with van der Waals surface area (Å²) in [6, 6.07) is 0. The molecule has 0 spiro atoms. The third-order valence-corrected chi connectivity index (χ3v) is 3.49. The largest absolute Gasteiger partial charge is 0.330 e. The molecular formula is C13H23N3O2. The monoisotopic (exact) mass is 253 g/mol. The molecule has 0 fully saturated rings. The maximum atomic E-state index is 11.9. The number of nitrogens with one attached hydrogen (secondary N) is 1. The smallest absolute Gasteiger partial charge is 0.268 e. The Morgan fingerprint density at radius 1 is 1.22 bits per heavy atom. The minimum atomic E-state index is -0.190. The first-order valence-electron chi connectivity index (χ1n) is 6.29. The SMILES string of the molecule is Cc1c(C)c(=O)n(CCCC(C)(C)CN)[nH]c1=O. The van der Waals surface area contributed by atoms with Crippen LogP contribution in [0.5, 0.6) is 0 Å². The standard InChI is InChI=1S/C13H23N3O2/c1-9-10(2)12(18)16(15-11(9)17)7-5-6-13(3,4)8-14/h5-8,14H2,1-4H3,(H,15,17). The van der Waals surface area contributed by atoms with Crippen molar-refractivity contribution in [1.29, 1.82) is 0 Å². The molecule has 0 radical (unpaired) electrons. The molecule has 0 aliphatic carbocycles. The molecule has 0 aliphatic rings. The molecule has 0 aromatic carbocycles. The first kappa shape index (κ1) is 14.7. The van der Waals surface area contributed by atoms with Crippen molar-refractivity contribution in [3.05, 3.63) is 31.8 Å². The summed E-state index contributed by atoms with van der Waals surface area (Å²) in [6.45, 7) is 8.69. The fourth-order valence-electron chi connectivity index (χ4n) is 1.77. The van der Waals surface area contributed by atoms with E-state index in [0.717, 1.165) is 12.8 Å². The highest BCUT2D eigenvalue weighted by molar-refractivity contribution is 5.17. The molecule has 102 valence electrons. The van der Waals surface area contributed by atoms with Gasteiger partial charge in [0.2, 0.25) is 0 Å². The summed E-state index contributed by atoms with van der Waals surface area (Å²) in [5.41, 5.74) is 6.45. The van der Waals surface area contributed by atoms with Crippen LogP contribution < -0.4 is 16.9 Å². The second kappa shape index (κ2) is 5.52. The van der Waals surface area contributed by atoms with Gasteiger partial charge in [0.1, 0.15) is 0 Å². The summed E-state index contributed by atoms with van der Waals surface area (Å²) < 4.78 is 1.40. The molecule has 1 rings (SSSR count). The molecule has 0 saturated heterocycles. The number of aryl methyl sites for hydroxylation is 1. The van der Waals surface area contributed by atoms with E-state index in [1.54, 1.807) is 13.8 Å². The Morgan fingerprint density at radius 3 is 2.39 bits per heavy atom. The molecule has 1 heterocycles. The zero-order chi connectivity index (χ0) is 13.9. The molecular weight excluding hydrogens is 230 g/mol. The van der Waals surface area contributed by atoms with Crippen LogP contribution in [0, 0.1) is 19.3 Å². The van der Waals surface area contributed by atoms with Crippen molar-refractivity contribution in [3.8, 4) is 0 Å². The fraction of sp³-hybridized carbons (Fsp3) is 0.692. The van der Waals surface area contributed by atoms with Gasteiger partial charge in [0.15, 0.2) is 0 Å². The van der Waals surface area contributed by atoms with Crippen molar-refractivity contribution in [3.63, 3.8) is 0 Å². The molecule has 0 unspecified atom stereocenters. The van der Waals surface area contributed by atoms with Crippen molar-refractivity contribution >= 4 is 0 Å². The summed E-state index contributed by atoms with van der Waals surface area (Å²) >= 11 is 0. The number of rotatable bonds is 5. The average molecular weight is 253 g/mol. The quantitative estimate of drug-likeness (QED) is 0.818. The van der Waals surface area contributed by atoms with Gasteiger partial charge < -0.3 is 5.73 Å². The van der Waals surface area contributed by atoms with Gasteiger partial charge in [0.25, 0.3) is 11.1 Å². The van der Waals surface area contributed by atoms with Crippen molar-refractivity contribution in [2.24, 2.45) is 11.1 Å². The van der Waals surface area contributed by atoms with E-state index in [1.165, 1.54) is 4.68 Å². The van der Waals surface area contributed by atoms with Crippen LogP contribution in [0.1, 0.15) is 37.8 Å². The van der Waals surface area contributed by atoms with Gasteiger partial charge in [0.05, 0.1) is 0 Å². The third kappa shape index (κ3) is 3.32. The number of hydrogen-bond donors (Lipinski definition) is 2. The lowest BCUT2D eigenvalue weighted by atomic mass is 9.88. The van der Waals surface area contributed by atoms with Crippen molar-refractivity contribution < 1.29 is 0 Å². The minimum absolute atomic E-state index is 0.0731. The Labute approximate surface area is 107 Å². The molecule has 0 bridgehead atoms. The molecule has 18 heavy (non-hydrogen) atoms. The summed E-state index contributed by atoms with van der Waals surface area (Å²) in [5.74, 6) is 0. The van der Waals surface area contributed by atoms with Crippen molar-refractivity contribution in [2.75, 3.05) is 6.54 Å². The first-order chi connectivity index (χ1) is 8.28. The van der Waals surface area contributed by atoms with Gasteiger partial charge in [-0.25, -0.2) is 0 Å². The van der Waals surface area contributed by atoms with E-state index >= 15 is 0 Å². The molecule has 5 nitrogen and oxygen atoms in total. The number of hydrogen-bond acceptors (Lipinski definition) is 3. The predicted molar refractivity (Wildman–Crippen MR) is 72.9 cm³/mol. The van der Waals surface area contributed by atoms with Gasteiger partial charge in [-0.2, -0.15) is 0 Å². The molecule has 1 aromatic rings. The number of aromatic nitrogens is 2. The Hall–Kier alpha value is -1.36. The molecule has 0 amide bonds. The van der Waals surface area contributed by atoms with Crippen LogP contribution in [0.2, 0.25) is 0 Å². The Kier molecular flexibility index (Phi) is 4.51. The number of aromatic amines is 1. The Morgan fingerprint density at radius 2 is 1.83 bits per heavy atom. The average Bonchev–Trinajstić information content (AvgIpc) is 2.33. The van der Waals surface area contributed by atoms with Gasteiger partial charge in [-0.05, 0) is 38.6 Å². The Bertz CT molecular complexity index is 526. The van der Waals surface area contributed by atoms with Crippen LogP contribution >= 0.6 is 0 Å². The highest BCUT2D eigenvalue weighted by Gasteiger charge is 2.15. The van der Waals surface area contributed by atoms with Crippen LogP contribution in [-0.4, -0.2) is 16.3 Å². The molecule has 3 N–H and O–H groups in total. The lowest BCUT2D eigenvalue weighted by Gasteiger charge is -2.22. The van der Waals surface area contributed by atoms with Gasteiger partial charge in [-0.3, -0.25) is 19.4 Å².